The van der Waals surface area contributed by atoms with E-state index in [1.54, 1.807) is 45.5 Å². The Morgan fingerprint density at radius 3 is 2.24 bits per heavy atom. The van der Waals surface area contributed by atoms with Crippen molar-refractivity contribution < 1.29 is 14.3 Å². The second-order valence-corrected chi connectivity index (χ2v) is 6.56. The lowest BCUT2D eigenvalue weighted by Gasteiger charge is -2.13. The summed E-state index contributed by atoms with van der Waals surface area (Å²) in [5, 5.41) is 9.87. The van der Waals surface area contributed by atoms with Gasteiger partial charge in [0.1, 0.15) is 0 Å². The third-order valence-corrected chi connectivity index (χ3v) is 4.44. The third-order valence-electron chi connectivity index (χ3n) is 4.19. The molecule has 8 heteroatoms. The fourth-order valence-electron chi connectivity index (χ4n) is 2.64. The van der Waals surface area contributed by atoms with Crippen molar-refractivity contribution in [1.82, 2.24) is 16.0 Å². The predicted octanol–water partition coefficient (Wildman–Crippen LogP) is 2.49. The summed E-state index contributed by atoms with van der Waals surface area (Å²) in [5.41, 5.74) is 1.70. The summed E-state index contributed by atoms with van der Waals surface area (Å²) < 4.78 is 10.6. The predicted molar refractivity (Wildman–Crippen MR) is 116 cm³/mol. The number of benzene rings is 2. The maximum absolute atomic E-state index is 12.1. The molecule has 0 spiro atoms. The molecule has 0 unspecified atom stereocenters. The number of methoxy groups -OCH3 is 2. The van der Waals surface area contributed by atoms with E-state index in [1.807, 2.05) is 18.2 Å². The van der Waals surface area contributed by atoms with Crippen molar-refractivity contribution in [2.45, 2.75) is 6.42 Å². The largest absolute Gasteiger partial charge is 0.493 e. The summed E-state index contributed by atoms with van der Waals surface area (Å²) >= 11 is 5.83. The van der Waals surface area contributed by atoms with Crippen molar-refractivity contribution in [1.29, 1.82) is 0 Å². The summed E-state index contributed by atoms with van der Waals surface area (Å²) in [4.78, 5) is 16.2. The zero-order valence-corrected chi connectivity index (χ0v) is 17.7. The molecule has 2 aromatic rings. The highest BCUT2D eigenvalue weighted by atomic mass is 35.5. The molecule has 0 radical (unpaired) electrons. The summed E-state index contributed by atoms with van der Waals surface area (Å²) in [6.45, 7) is 1.72. The number of hydrogen-bond acceptors (Lipinski definition) is 4. The van der Waals surface area contributed by atoms with Gasteiger partial charge < -0.3 is 25.4 Å². The van der Waals surface area contributed by atoms with E-state index in [9.17, 15) is 4.79 Å². The first-order valence-electron chi connectivity index (χ1n) is 9.26. The Kier molecular flexibility index (Phi) is 9.11. The van der Waals surface area contributed by atoms with Crippen LogP contribution in [0, 0.1) is 0 Å². The normalized spacial score (nSPS) is 11.0. The van der Waals surface area contributed by atoms with Gasteiger partial charge in [0.2, 0.25) is 0 Å². The van der Waals surface area contributed by atoms with Crippen molar-refractivity contribution in [3.8, 4) is 11.5 Å². The van der Waals surface area contributed by atoms with Gasteiger partial charge in [-0.1, -0.05) is 17.7 Å². The molecule has 7 nitrogen and oxygen atoms in total. The molecule has 0 saturated heterocycles. The highest BCUT2D eigenvalue weighted by molar-refractivity contribution is 6.30. The number of ether oxygens (including phenoxy) is 2. The molecule has 1 amide bonds. The van der Waals surface area contributed by atoms with Crippen LogP contribution in [-0.4, -0.2) is 52.8 Å². The lowest BCUT2D eigenvalue weighted by atomic mass is 10.1. The Labute approximate surface area is 176 Å². The minimum atomic E-state index is -0.139. The number of amides is 1. The lowest BCUT2D eigenvalue weighted by molar-refractivity contribution is 0.0954. The van der Waals surface area contributed by atoms with E-state index in [1.165, 1.54) is 0 Å². The minimum Gasteiger partial charge on any atom is -0.493 e. The van der Waals surface area contributed by atoms with E-state index in [4.69, 9.17) is 21.1 Å². The fourth-order valence-corrected chi connectivity index (χ4v) is 2.77. The summed E-state index contributed by atoms with van der Waals surface area (Å²) in [6, 6.07) is 12.6. The Hall–Kier alpha value is -2.93. The van der Waals surface area contributed by atoms with E-state index in [0.717, 1.165) is 12.0 Å². The molecule has 0 heterocycles. The fraction of sp³-hybridized carbons (Fsp3) is 0.333. The first-order chi connectivity index (χ1) is 14.1. The number of halogens is 1. The van der Waals surface area contributed by atoms with Crippen molar-refractivity contribution in [3.05, 3.63) is 58.6 Å². The van der Waals surface area contributed by atoms with Crippen LogP contribution in [0.3, 0.4) is 0 Å². The molecule has 2 rings (SSSR count). The van der Waals surface area contributed by atoms with E-state index in [2.05, 4.69) is 20.9 Å². The zero-order valence-electron chi connectivity index (χ0n) is 16.9. The molecule has 0 aliphatic carbocycles. The van der Waals surface area contributed by atoms with E-state index in [-0.39, 0.29) is 5.91 Å². The van der Waals surface area contributed by atoms with Crippen LogP contribution in [-0.2, 0) is 6.42 Å². The van der Waals surface area contributed by atoms with Gasteiger partial charge in [-0.2, -0.15) is 0 Å². The maximum Gasteiger partial charge on any atom is 0.251 e. The second-order valence-electron chi connectivity index (χ2n) is 6.13. The van der Waals surface area contributed by atoms with Crippen molar-refractivity contribution in [2.75, 3.05) is 40.9 Å². The minimum absolute atomic E-state index is 0.139. The van der Waals surface area contributed by atoms with Crippen molar-refractivity contribution >= 4 is 23.5 Å². The number of carbonyl (C=O) groups excluding carboxylic acids is 1. The van der Waals surface area contributed by atoms with Gasteiger partial charge in [0.05, 0.1) is 14.2 Å². The molecule has 2 aromatic carbocycles. The first-order valence-corrected chi connectivity index (χ1v) is 9.64. The summed E-state index contributed by atoms with van der Waals surface area (Å²) in [7, 11) is 4.95. The van der Waals surface area contributed by atoms with Gasteiger partial charge in [-0.25, -0.2) is 0 Å². The van der Waals surface area contributed by atoms with Crippen LogP contribution in [0.15, 0.2) is 47.5 Å². The van der Waals surface area contributed by atoms with Crippen LogP contribution in [0.2, 0.25) is 5.02 Å². The molecule has 3 N–H and O–H groups in total. The van der Waals surface area contributed by atoms with Crippen LogP contribution in [0.4, 0.5) is 0 Å². The summed E-state index contributed by atoms with van der Waals surface area (Å²) in [6.07, 6.45) is 0.800. The monoisotopic (exact) mass is 418 g/mol. The molecule has 0 aliphatic heterocycles. The molecular weight excluding hydrogens is 392 g/mol. The maximum atomic E-state index is 12.1. The number of nitrogens with zero attached hydrogens (tertiary/aromatic N) is 1. The number of nitrogens with one attached hydrogen (secondary N) is 3. The summed E-state index contributed by atoms with van der Waals surface area (Å²) in [5.74, 6) is 1.96. The van der Waals surface area contributed by atoms with E-state index < -0.39 is 0 Å². The van der Waals surface area contributed by atoms with Gasteiger partial charge in [-0.05, 0) is 48.4 Å². The Morgan fingerprint density at radius 2 is 1.59 bits per heavy atom. The zero-order chi connectivity index (χ0) is 21.1. The Bertz CT molecular complexity index is 825. The number of carbonyl (C=O) groups is 1. The molecular formula is C21H27ClN4O3. The van der Waals surface area contributed by atoms with Gasteiger partial charge in [-0.3, -0.25) is 9.79 Å². The van der Waals surface area contributed by atoms with Crippen LogP contribution in [0.5, 0.6) is 11.5 Å². The molecule has 0 atom stereocenters. The van der Waals surface area contributed by atoms with Crippen molar-refractivity contribution in [3.63, 3.8) is 0 Å². The standard InChI is InChI=1S/C21H27ClN4O3/c1-23-21(25-11-10-15-4-9-18(28-2)19(14-15)29-3)26-13-12-24-20(27)16-5-7-17(22)8-6-16/h4-9,14H,10-13H2,1-3H3,(H,24,27)(H2,23,25,26). The smallest absolute Gasteiger partial charge is 0.251 e. The number of hydrogen-bond donors (Lipinski definition) is 3. The third kappa shape index (κ3) is 7.19. The van der Waals surface area contributed by atoms with Crippen LogP contribution in [0.1, 0.15) is 15.9 Å². The molecule has 0 aliphatic rings. The molecule has 0 fully saturated rings. The molecule has 29 heavy (non-hydrogen) atoms. The highest BCUT2D eigenvalue weighted by Gasteiger charge is 2.06. The number of guanidine groups is 1. The van der Waals surface area contributed by atoms with Gasteiger partial charge >= 0.3 is 0 Å². The van der Waals surface area contributed by atoms with E-state index >= 15 is 0 Å². The topological polar surface area (TPSA) is 84.0 Å². The first kappa shape index (κ1) is 22.4. The van der Waals surface area contributed by atoms with Crippen LogP contribution < -0.4 is 25.4 Å². The number of aliphatic imine (C=N–C) groups is 1. The molecule has 0 aromatic heterocycles. The highest BCUT2D eigenvalue weighted by Crippen LogP contribution is 2.27. The van der Waals surface area contributed by atoms with Crippen molar-refractivity contribution in [2.24, 2.45) is 4.99 Å². The van der Waals surface area contributed by atoms with Gasteiger partial charge in [-0.15, -0.1) is 0 Å². The van der Waals surface area contributed by atoms with Gasteiger partial charge in [0.15, 0.2) is 17.5 Å². The average molecular weight is 419 g/mol. The van der Waals surface area contributed by atoms with Crippen LogP contribution in [0.25, 0.3) is 0 Å². The van der Waals surface area contributed by atoms with Gasteiger partial charge in [0.25, 0.3) is 5.91 Å². The SMILES string of the molecule is CN=C(NCCNC(=O)c1ccc(Cl)cc1)NCCc1ccc(OC)c(OC)c1. The average Bonchev–Trinajstić information content (AvgIpc) is 2.75. The van der Waals surface area contributed by atoms with Gasteiger partial charge in [0, 0.05) is 37.3 Å². The Morgan fingerprint density at radius 1 is 0.931 bits per heavy atom. The second kappa shape index (κ2) is 11.8. The molecule has 0 saturated carbocycles. The lowest BCUT2D eigenvalue weighted by Crippen LogP contribution is -2.42. The quantitative estimate of drug-likeness (QED) is 0.331. The van der Waals surface area contributed by atoms with E-state index in [0.29, 0.717) is 47.7 Å². The molecule has 156 valence electrons. The van der Waals surface area contributed by atoms with Crippen LogP contribution >= 0.6 is 11.6 Å². The number of rotatable bonds is 9. The molecule has 0 bridgehead atoms. The Balaban J connectivity index is 1.70.